The van der Waals surface area contributed by atoms with Crippen molar-refractivity contribution in [3.05, 3.63) is 57.3 Å². The summed E-state index contributed by atoms with van der Waals surface area (Å²) in [4.78, 5) is 32.3. The SMILES string of the molecule is C=NC(N)(c1cccc(CNC(=O)c2nc3n(c(=O)c2O)CCOC3(C)C)c1)C(F)(F)F. The maximum atomic E-state index is 13.3. The van der Waals surface area contributed by atoms with Crippen LogP contribution < -0.4 is 16.6 Å². The molecule has 0 bridgehead atoms. The van der Waals surface area contributed by atoms with Crippen molar-refractivity contribution in [2.45, 2.75) is 44.4 Å². The minimum Gasteiger partial charge on any atom is -0.501 e. The van der Waals surface area contributed by atoms with E-state index in [-0.39, 0.29) is 36.6 Å². The van der Waals surface area contributed by atoms with Gasteiger partial charge in [0.05, 0.1) is 13.2 Å². The zero-order chi connectivity index (χ0) is 23.9. The van der Waals surface area contributed by atoms with E-state index >= 15 is 0 Å². The van der Waals surface area contributed by atoms with E-state index in [1.54, 1.807) is 13.8 Å². The Bertz CT molecular complexity index is 1130. The van der Waals surface area contributed by atoms with Crippen LogP contribution in [-0.2, 0) is 29.1 Å². The van der Waals surface area contributed by atoms with E-state index in [0.29, 0.717) is 0 Å². The van der Waals surface area contributed by atoms with Gasteiger partial charge in [0, 0.05) is 12.1 Å². The number of aliphatic imine (C=N–C) groups is 1. The second-order valence-corrected chi connectivity index (χ2v) is 7.75. The third-order valence-corrected chi connectivity index (χ3v) is 5.18. The number of fused-ring (bicyclic) bond motifs is 1. The highest BCUT2D eigenvalue weighted by atomic mass is 19.4. The van der Waals surface area contributed by atoms with Gasteiger partial charge in [0.2, 0.25) is 11.4 Å². The highest BCUT2D eigenvalue weighted by molar-refractivity contribution is 5.94. The molecule has 1 aromatic carbocycles. The first-order valence-electron chi connectivity index (χ1n) is 9.51. The molecule has 1 atom stereocenters. The molecular formula is C20H22F3N5O4. The number of carbonyl (C=O) groups is 1. The van der Waals surface area contributed by atoms with E-state index in [1.807, 2.05) is 0 Å². The Morgan fingerprint density at radius 3 is 2.75 bits per heavy atom. The molecule has 0 aliphatic carbocycles. The molecule has 9 nitrogen and oxygen atoms in total. The van der Waals surface area contributed by atoms with E-state index in [0.717, 1.165) is 12.1 Å². The first kappa shape index (κ1) is 23.4. The van der Waals surface area contributed by atoms with Crippen LogP contribution in [0.5, 0.6) is 5.75 Å². The van der Waals surface area contributed by atoms with Crippen LogP contribution in [-0.4, -0.2) is 40.1 Å². The first-order valence-corrected chi connectivity index (χ1v) is 9.51. The van der Waals surface area contributed by atoms with Crippen LogP contribution in [0.3, 0.4) is 0 Å². The van der Waals surface area contributed by atoms with Gasteiger partial charge in [-0.05, 0) is 32.2 Å². The van der Waals surface area contributed by atoms with Gasteiger partial charge in [0.25, 0.3) is 11.5 Å². The lowest BCUT2D eigenvalue weighted by Gasteiger charge is -2.32. The lowest BCUT2D eigenvalue weighted by atomic mass is 9.98. The highest BCUT2D eigenvalue weighted by Crippen LogP contribution is 2.37. The van der Waals surface area contributed by atoms with E-state index in [9.17, 15) is 27.9 Å². The summed E-state index contributed by atoms with van der Waals surface area (Å²) in [5.41, 5.74) is 0.0536. The van der Waals surface area contributed by atoms with E-state index in [4.69, 9.17) is 10.5 Å². The molecule has 2 heterocycles. The van der Waals surface area contributed by atoms with E-state index in [2.05, 4.69) is 22.0 Å². The molecule has 1 amide bonds. The number of aromatic hydroxyl groups is 1. The Balaban J connectivity index is 1.87. The Morgan fingerprint density at radius 2 is 2.12 bits per heavy atom. The van der Waals surface area contributed by atoms with E-state index < -0.39 is 40.4 Å². The number of rotatable bonds is 5. The van der Waals surface area contributed by atoms with Gasteiger partial charge in [-0.2, -0.15) is 13.2 Å². The Morgan fingerprint density at radius 1 is 1.44 bits per heavy atom. The molecule has 4 N–H and O–H groups in total. The van der Waals surface area contributed by atoms with Crippen molar-refractivity contribution >= 4 is 12.6 Å². The van der Waals surface area contributed by atoms with Crippen molar-refractivity contribution in [1.29, 1.82) is 0 Å². The molecule has 1 aliphatic rings. The number of aromatic nitrogens is 2. The average Bonchev–Trinajstić information content (AvgIpc) is 2.73. The van der Waals surface area contributed by atoms with Crippen LogP contribution in [0.25, 0.3) is 0 Å². The van der Waals surface area contributed by atoms with E-state index in [1.165, 1.54) is 16.7 Å². The van der Waals surface area contributed by atoms with Gasteiger partial charge in [0.15, 0.2) is 5.69 Å². The molecule has 1 aliphatic heterocycles. The Kier molecular flexibility index (Phi) is 5.87. The predicted molar refractivity (Wildman–Crippen MR) is 108 cm³/mol. The normalized spacial score (nSPS) is 17.2. The fourth-order valence-electron chi connectivity index (χ4n) is 3.36. The molecule has 1 aromatic heterocycles. The van der Waals surface area contributed by atoms with Crippen molar-refractivity contribution in [2.24, 2.45) is 10.7 Å². The third-order valence-electron chi connectivity index (χ3n) is 5.18. The molecule has 0 saturated carbocycles. The molecule has 12 heteroatoms. The molecule has 32 heavy (non-hydrogen) atoms. The molecule has 0 fully saturated rings. The molecule has 1 unspecified atom stereocenters. The van der Waals surface area contributed by atoms with Gasteiger partial charge >= 0.3 is 6.18 Å². The summed E-state index contributed by atoms with van der Waals surface area (Å²) in [6.45, 7) is 6.46. The summed E-state index contributed by atoms with van der Waals surface area (Å²) >= 11 is 0. The van der Waals surface area contributed by atoms with Crippen molar-refractivity contribution < 1.29 is 27.8 Å². The largest absolute Gasteiger partial charge is 0.501 e. The number of halogens is 3. The molecule has 3 rings (SSSR count). The van der Waals surface area contributed by atoms with Crippen LogP contribution in [0.4, 0.5) is 13.2 Å². The molecule has 2 aromatic rings. The fraction of sp³-hybridized carbons (Fsp3) is 0.400. The van der Waals surface area contributed by atoms with Gasteiger partial charge in [-0.1, -0.05) is 18.2 Å². The van der Waals surface area contributed by atoms with Crippen LogP contribution in [0.15, 0.2) is 34.1 Å². The summed E-state index contributed by atoms with van der Waals surface area (Å²) in [6, 6.07) is 5.08. The topological polar surface area (TPSA) is 132 Å². The molecule has 172 valence electrons. The highest BCUT2D eigenvalue weighted by Gasteiger charge is 2.53. The lowest BCUT2D eigenvalue weighted by Crippen LogP contribution is -2.48. The number of hydrogen-bond acceptors (Lipinski definition) is 7. The van der Waals surface area contributed by atoms with Crippen LogP contribution >= 0.6 is 0 Å². The van der Waals surface area contributed by atoms with Crippen LogP contribution in [0.1, 0.15) is 41.3 Å². The zero-order valence-corrected chi connectivity index (χ0v) is 17.4. The number of alkyl halides is 3. The van der Waals surface area contributed by atoms with Crippen molar-refractivity contribution in [3.8, 4) is 5.75 Å². The maximum Gasteiger partial charge on any atom is 0.431 e. The lowest BCUT2D eigenvalue weighted by molar-refractivity contribution is -0.186. The summed E-state index contributed by atoms with van der Waals surface area (Å²) in [5.74, 6) is -1.54. The van der Waals surface area contributed by atoms with Crippen molar-refractivity contribution in [2.75, 3.05) is 6.61 Å². The number of nitrogens with two attached hydrogens (primary N) is 1. The standard InChI is InChI=1S/C20H22F3N5O4/c1-18(2)17-27-13(14(29)16(31)28(17)7-8-32-18)15(30)26-10-11-5-4-6-12(9-11)19(24,25-3)20(21,22)23/h4-6,9,29H,3,7-8,10,24H2,1-2H3,(H,26,30). The summed E-state index contributed by atoms with van der Waals surface area (Å²) < 4.78 is 46.8. The number of ether oxygens (including phenoxy) is 1. The van der Waals surface area contributed by atoms with Gasteiger partial charge < -0.3 is 15.2 Å². The number of hydrogen-bond donors (Lipinski definition) is 3. The smallest absolute Gasteiger partial charge is 0.431 e. The molecule has 0 spiro atoms. The maximum absolute atomic E-state index is 13.3. The second kappa shape index (κ2) is 8.02. The van der Waals surface area contributed by atoms with Gasteiger partial charge in [-0.15, -0.1) is 0 Å². The quantitative estimate of drug-likeness (QED) is 0.588. The number of amides is 1. The van der Waals surface area contributed by atoms with Gasteiger partial charge in [-0.3, -0.25) is 24.9 Å². The summed E-state index contributed by atoms with van der Waals surface area (Å²) in [6.07, 6.45) is -4.88. The Labute approximate surface area is 180 Å². The van der Waals surface area contributed by atoms with Gasteiger partial charge in [0.1, 0.15) is 11.4 Å². The summed E-state index contributed by atoms with van der Waals surface area (Å²) in [5, 5.41) is 12.6. The first-order chi connectivity index (χ1) is 14.8. The third kappa shape index (κ3) is 3.98. The number of nitrogens with one attached hydrogen (secondary N) is 1. The van der Waals surface area contributed by atoms with Gasteiger partial charge in [-0.25, -0.2) is 4.98 Å². The van der Waals surface area contributed by atoms with Crippen LogP contribution in [0.2, 0.25) is 0 Å². The Hall–Kier alpha value is -3.25. The molecule has 0 radical (unpaired) electrons. The second-order valence-electron chi connectivity index (χ2n) is 7.75. The predicted octanol–water partition coefficient (Wildman–Crippen LogP) is 1.52. The molecule has 0 saturated heterocycles. The molecular weight excluding hydrogens is 431 g/mol. The monoisotopic (exact) mass is 453 g/mol. The zero-order valence-electron chi connectivity index (χ0n) is 17.4. The van der Waals surface area contributed by atoms with Crippen LogP contribution in [0, 0.1) is 0 Å². The number of carbonyl (C=O) groups excluding carboxylic acids is 1. The van der Waals surface area contributed by atoms with Crippen molar-refractivity contribution in [3.63, 3.8) is 0 Å². The summed E-state index contributed by atoms with van der Waals surface area (Å²) in [7, 11) is 0. The fourth-order valence-corrected chi connectivity index (χ4v) is 3.36. The average molecular weight is 453 g/mol. The number of nitrogens with zero attached hydrogens (tertiary/aromatic N) is 3. The minimum absolute atomic E-state index is 0.171. The van der Waals surface area contributed by atoms with Crippen molar-refractivity contribution in [1.82, 2.24) is 14.9 Å². The minimum atomic E-state index is -4.88. The number of benzene rings is 1.